The zero-order valence-electron chi connectivity index (χ0n) is 15.3. The number of rotatable bonds is 7. The summed E-state index contributed by atoms with van der Waals surface area (Å²) in [5, 5.41) is 5.68. The van der Waals surface area contributed by atoms with Gasteiger partial charge in [0.2, 0.25) is 18.6 Å². The van der Waals surface area contributed by atoms with E-state index in [9.17, 15) is 14.0 Å². The molecule has 1 aliphatic heterocycles. The van der Waals surface area contributed by atoms with Crippen LogP contribution in [0.2, 0.25) is 0 Å². The Balaban J connectivity index is 1.27. The molecule has 0 aromatic heterocycles. The minimum atomic E-state index is -0.973. The Morgan fingerprint density at radius 1 is 0.929 bits per heavy atom. The van der Waals surface area contributed by atoms with Gasteiger partial charge in [0.1, 0.15) is 11.2 Å². The molecule has 0 bridgehead atoms. The monoisotopic (exact) mass is 384 g/mol. The van der Waals surface area contributed by atoms with Crippen LogP contribution in [0.25, 0.3) is 0 Å². The minimum absolute atomic E-state index is 0.201. The number of fused-ring (bicyclic) bond motifs is 1. The van der Waals surface area contributed by atoms with Crippen LogP contribution in [0.3, 0.4) is 0 Å². The topological polar surface area (TPSA) is 76.7 Å². The molecule has 0 spiro atoms. The highest BCUT2D eigenvalue weighted by Gasteiger charge is 2.56. The Morgan fingerprint density at radius 3 is 2.36 bits per heavy atom. The fraction of sp³-hybridized carbons (Fsp3) is 0.333. The second-order valence-corrected chi connectivity index (χ2v) is 7.08. The molecule has 2 amide bonds. The number of ether oxygens (including phenoxy) is 2. The lowest BCUT2D eigenvalue weighted by Gasteiger charge is -2.15. The van der Waals surface area contributed by atoms with Crippen molar-refractivity contribution in [3.8, 4) is 11.5 Å². The van der Waals surface area contributed by atoms with Crippen molar-refractivity contribution in [1.29, 1.82) is 0 Å². The van der Waals surface area contributed by atoms with E-state index in [1.165, 1.54) is 12.1 Å². The molecule has 1 heterocycles. The molecule has 0 radical (unpaired) electrons. The molecule has 0 saturated heterocycles. The standard InChI is InChI=1S/C21H21FN2O4/c22-16-4-1-14(2-5-16)7-10-23-19(25)21(8-9-21)20(26)24-12-15-3-6-17-18(11-15)28-13-27-17/h1-6,11H,7-10,12-13H2,(H,23,25)(H,24,26). The third-order valence-corrected chi connectivity index (χ3v) is 5.12. The van der Waals surface area contributed by atoms with Gasteiger partial charge < -0.3 is 20.1 Å². The van der Waals surface area contributed by atoms with Crippen molar-refractivity contribution in [3.05, 3.63) is 59.4 Å². The molecule has 2 aromatic rings. The molecule has 2 aromatic carbocycles. The van der Waals surface area contributed by atoms with E-state index in [0.717, 1.165) is 11.1 Å². The van der Waals surface area contributed by atoms with Gasteiger partial charge in [0.25, 0.3) is 0 Å². The van der Waals surface area contributed by atoms with Crippen molar-refractivity contribution in [1.82, 2.24) is 10.6 Å². The maximum absolute atomic E-state index is 12.9. The Hall–Kier alpha value is -3.09. The number of carbonyl (C=O) groups is 2. The summed E-state index contributed by atoms with van der Waals surface area (Å²) < 4.78 is 23.5. The van der Waals surface area contributed by atoms with Crippen LogP contribution >= 0.6 is 0 Å². The van der Waals surface area contributed by atoms with Gasteiger partial charge >= 0.3 is 0 Å². The first-order valence-corrected chi connectivity index (χ1v) is 9.26. The van der Waals surface area contributed by atoms with E-state index in [0.29, 0.717) is 43.9 Å². The zero-order chi connectivity index (χ0) is 19.6. The lowest BCUT2D eigenvalue weighted by molar-refractivity contribution is -0.137. The quantitative estimate of drug-likeness (QED) is 0.719. The van der Waals surface area contributed by atoms with E-state index in [2.05, 4.69) is 10.6 Å². The number of benzene rings is 2. The van der Waals surface area contributed by atoms with Crippen LogP contribution in [-0.2, 0) is 22.6 Å². The number of carbonyl (C=O) groups excluding carboxylic acids is 2. The van der Waals surface area contributed by atoms with E-state index in [1.54, 1.807) is 18.2 Å². The third-order valence-electron chi connectivity index (χ3n) is 5.12. The Kier molecular flexibility index (Phi) is 4.90. The van der Waals surface area contributed by atoms with Crippen LogP contribution in [-0.4, -0.2) is 25.2 Å². The van der Waals surface area contributed by atoms with Gasteiger partial charge in [0.05, 0.1) is 0 Å². The maximum atomic E-state index is 12.9. The lowest BCUT2D eigenvalue weighted by atomic mass is 10.0. The second kappa shape index (κ2) is 7.50. The fourth-order valence-electron chi connectivity index (χ4n) is 3.23. The summed E-state index contributed by atoms with van der Waals surface area (Å²) in [4.78, 5) is 25.1. The lowest BCUT2D eigenvalue weighted by Crippen LogP contribution is -2.43. The van der Waals surface area contributed by atoms with Gasteiger partial charge in [-0.25, -0.2) is 4.39 Å². The summed E-state index contributed by atoms with van der Waals surface area (Å²) in [5.74, 6) is 0.548. The van der Waals surface area contributed by atoms with E-state index in [4.69, 9.17) is 9.47 Å². The molecule has 146 valence electrons. The molecule has 2 N–H and O–H groups in total. The Morgan fingerprint density at radius 2 is 1.61 bits per heavy atom. The predicted molar refractivity (Wildman–Crippen MR) is 99.2 cm³/mol. The predicted octanol–water partition coefficient (Wildman–Crippen LogP) is 2.31. The molecular formula is C21H21FN2O4. The van der Waals surface area contributed by atoms with Gasteiger partial charge in [-0.05, 0) is 54.7 Å². The molecule has 0 atom stereocenters. The minimum Gasteiger partial charge on any atom is -0.454 e. The third kappa shape index (κ3) is 3.78. The normalized spacial score (nSPS) is 15.8. The van der Waals surface area contributed by atoms with E-state index in [1.807, 2.05) is 12.1 Å². The fourth-order valence-corrected chi connectivity index (χ4v) is 3.23. The Labute approximate surface area is 162 Å². The van der Waals surface area contributed by atoms with Crippen LogP contribution in [0.4, 0.5) is 4.39 Å². The molecule has 6 nitrogen and oxygen atoms in total. The van der Waals surface area contributed by atoms with Gasteiger partial charge in [-0.2, -0.15) is 0 Å². The molecule has 0 unspecified atom stereocenters. The number of hydrogen-bond donors (Lipinski definition) is 2. The largest absolute Gasteiger partial charge is 0.454 e. The smallest absolute Gasteiger partial charge is 0.235 e. The van der Waals surface area contributed by atoms with Crippen LogP contribution in [0.15, 0.2) is 42.5 Å². The molecule has 2 aliphatic rings. The van der Waals surface area contributed by atoms with Crippen molar-refractivity contribution in [2.75, 3.05) is 13.3 Å². The summed E-state index contributed by atoms with van der Waals surface area (Å²) in [6, 6.07) is 11.6. The van der Waals surface area contributed by atoms with Crippen LogP contribution in [0.5, 0.6) is 11.5 Å². The molecular weight excluding hydrogens is 363 g/mol. The first-order chi connectivity index (χ1) is 13.6. The van der Waals surface area contributed by atoms with Crippen LogP contribution in [0, 0.1) is 11.2 Å². The van der Waals surface area contributed by atoms with Crippen molar-refractivity contribution < 1.29 is 23.5 Å². The molecule has 7 heteroatoms. The number of amides is 2. The summed E-state index contributed by atoms with van der Waals surface area (Å²) in [6.07, 6.45) is 1.67. The SMILES string of the molecule is O=C(NCCc1ccc(F)cc1)C1(C(=O)NCc2ccc3c(c2)OCO3)CC1. The average Bonchev–Trinajstić information content (AvgIpc) is 3.39. The molecule has 28 heavy (non-hydrogen) atoms. The van der Waals surface area contributed by atoms with Crippen molar-refractivity contribution in [2.45, 2.75) is 25.8 Å². The summed E-state index contributed by atoms with van der Waals surface area (Å²) >= 11 is 0. The molecule has 1 fully saturated rings. The first-order valence-electron chi connectivity index (χ1n) is 9.26. The highest BCUT2D eigenvalue weighted by Crippen LogP contribution is 2.46. The molecule has 1 aliphatic carbocycles. The van der Waals surface area contributed by atoms with Crippen molar-refractivity contribution in [2.24, 2.45) is 5.41 Å². The van der Waals surface area contributed by atoms with Crippen LogP contribution < -0.4 is 20.1 Å². The number of halogens is 1. The molecule has 4 rings (SSSR count). The Bertz CT molecular complexity index is 894. The van der Waals surface area contributed by atoms with E-state index >= 15 is 0 Å². The second-order valence-electron chi connectivity index (χ2n) is 7.08. The van der Waals surface area contributed by atoms with Gasteiger partial charge in [0.15, 0.2) is 11.5 Å². The summed E-state index contributed by atoms with van der Waals surface area (Å²) in [7, 11) is 0. The van der Waals surface area contributed by atoms with Gasteiger partial charge in [-0.3, -0.25) is 9.59 Å². The zero-order valence-corrected chi connectivity index (χ0v) is 15.3. The number of hydrogen-bond acceptors (Lipinski definition) is 4. The number of nitrogens with one attached hydrogen (secondary N) is 2. The summed E-state index contributed by atoms with van der Waals surface area (Å²) in [6.45, 7) is 0.925. The summed E-state index contributed by atoms with van der Waals surface area (Å²) in [5.41, 5.74) is 0.836. The van der Waals surface area contributed by atoms with Gasteiger partial charge in [-0.1, -0.05) is 18.2 Å². The van der Waals surface area contributed by atoms with E-state index < -0.39 is 5.41 Å². The van der Waals surface area contributed by atoms with Crippen molar-refractivity contribution >= 4 is 11.8 Å². The maximum Gasteiger partial charge on any atom is 0.235 e. The van der Waals surface area contributed by atoms with E-state index in [-0.39, 0.29) is 24.4 Å². The molecule has 1 saturated carbocycles. The average molecular weight is 384 g/mol. The van der Waals surface area contributed by atoms with Gasteiger partial charge in [0, 0.05) is 13.1 Å². The van der Waals surface area contributed by atoms with Crippen molar-refractivity contribution in [3.63, 3.8) is 0 Å². The van der Waals surface area contributed by atoms with Gasteiger partial charge in [-0.15, -0.1) is 0 Å². The highest BCUT2D eigenvalue weighted by molar-refractivity contribution is 6.07. The highest BCUT2D eigenvalue weighted by atomic mass is 19.1. The van der Waals surface area contributed by atoms with Crippen LogP contribution in [0.1, 0.15) is 24.0 Å². The first kappa shape index (κ1) is 18.3.